The average Bonchev–Trinajstić information content (AvgIpc) is 3.05. The Hall–Kier alpha value is -2.53. The number of aryl methyl sites for hydroxylation is 1. The van der Waals surface area contributed by atoms with Crippen molar-refractivity contribution in [3.8, 4) is 0 Å². The van der Waals surface area contributed by atoms with Gasteiger partial charge in [-0.1, -0.05) is 54.2 Å². The van der Waals surface area contributed by atoms with Gasteiger partial charge in [-0.05, 0) is 23.3 Å². The number of carbonyl (C=O) groups excluding carboxylic acids is 1. The predicted octanol–water partition coefficient (Wildman–Crippen LogP) is 3.98. The van der Waals surface area contributed by atoms with E-state index in [0.717, 1.165) is 27.6 Å². The van der Waals surface area contributed by atoms with Gasteiger partial charge in [0.05, 0.1) is 0 Å². The summed E-state index contributed by atoms with van der Waals surface area (Å²) < 4.78 is 1.99. The molecule has 2 aromatic carbocycles. The van der Waals surface area contributed by atoms with Gasteiger partial charge in [0.15, 0.2) is 5.16 Å². The summed E-state index contributed by atoms with van der Waals surface area (Å²) in [6, 6.07) is 17.9. The highest BCUT2D eigenvalue weighted by atomic mass is 32.2. The number of imidazole rings is 1. The molecule has 3 aromatic rings. The molecule has 0 N–H and O–H groups in total. The Balaban J connectivity index is 1.65. The molecule has 0 atom stereocenters. The fourth-order valence-corrected chi connectivity index (χ4v) is 3.46. The molecule has 4 nitrogen and oxygen atoms in total. The Morgan fingerprint density at radius 3 is 2.60 bits per heavy atom. The summed E-state index contributed by atoms with van der Waals surface area (Å²) in [5.41, 5.74) is 2.96. The third-order valence-corrected chi connectivity index (χ3v) is 5.06. The van der Waals surface area contributed by atoms with Crippen LogP contribution in [0.15, 0.2) is 72.1 Å². The van der Waals surface area contributed by atoms with Crippen molar-refractivity contribution < 1.29 is 4.79 Å². The highest BCUT2D eigenvalue weighted by molar-refractivity contribution is 7.98. The topological polar surface area (TPSA) is 38.1 Å². The van der Waals surface area contributed by atoms with Gasteiger partial charge >= 0.3 is 0 Å². The van der Waals surface area contributed by atoms with Crippen molar-refractivity contribution in [2.24, 2.45) is 7.05 Å². The third-order valence-electron chi connectivity index (χ3n) is 3.93. The zero-order valence-electron chi connectivity index (χ0n) is 14.4. The first-order valence-corrected chi connectivity index (χ1v) is 9.10. The van der Waals surface area contributed by atoms with Gasteiger partial charge in [-0.3, -0.25) is 4.79 Å². The van der Waals surface area contributed by atoms with Crippen molar-refractivity contribution in [2.45, 2.75) is 17.5 Å². The van der Waals surface area contributed by atoms with Crippen LogP contribution in [0.3, 0.4) is 0 Å². The summed E-state index contributed by atoms with van der Waals surface area (Å²) in [7, 11) is 3.82. The van der Waals surface area contributed by atoms with Crippen LogP contribution in [-0.2, 0) is 19.3 Å². The maximum Gasteiger partial charge on any atom is 0.253 e. The van der Waals surface area contributed by atoms with E-state index in [4.69, 9.17) is 0 Å². The van der Waals surface area contributed by atoms with Crippen LogP contribution in [0.5, 0.6) is 0 Å². The number of amides is 1. The van der Waals surface area contributed by atoms with Gasteiger partial charge in [-0.25, -0.2) is 4.98 Å². The van der Waals surface area contributed by atoms with Crippen molar-refractivity contribution >= 4 is 17.7 Å². The Labute approximate surface area is 152 Å². The van der Waals surface area contributed by atoms with E-state index >= 15 is 0 Å². The fourth-order valence-electron chi connectivity index (χ4n) is 2.58. The van der Waals surface area contributed by atoms with Gasteiger partial charge in [0.1, 0.15) is 0 Å². The summed E-state index contributed by atoms with van der Waals surface area (Å²) >= 11 is 1.67. The van der Waals surface area contributed by atoms with Crippen LogP contribution in [0, 0.1) is 0 Å². The molecule has 0 bridgehead atoms. The van der Waals surface area contributed by atoms with Crippen LogP contribution < -0.4 is 0 Å². The van der Waals surface area contributed by atoms with Crippen LogP contribution in [0.2, 0.25) is 0 Å². The van der Waals surface area contributed by atoms with Crippen LogP contribution in [0.4, 0.5) is 0 Å². The molecule has 3 rings (SSSR count). The highest BCUT2D eigenvalue weighted by Gasteiger charge is 2.12. The fraction of sp³-hybridized carbons (Fsp3) is 0.200. The van der Waals surface area contributed by atoms with Crippen LogP contribution in [-0.4, -0.2) is 27.4 Å². The van der Waals surface area contributed by atoms with E-state index in [1.807, 2.05) is 79.5 Å². The lowest BCUT2D eigenvalue weighted by Gasteiger charge is -2.17. The van der Waals surface area contributed by atoms with E-state index in [0.29, 0.717) is 6.54 Å². The minimum atomic E-state index is 0.0349. The van der Waals surface area contributed by atoms with Crippen molar-refractivity contribution in [3.05, 3.63) is 83.7 Å². The van der Waals surface area contributed by atoms with Gasteiger partial charge in [0.2, 0.25) is 0 Å². The first-order chi connectivity index (χ1) is 12.1. The van der Waals surface area contributed by atoms with E-state index in [2.05, 4.69) is 4.98 Å². The summed E-state index contributed by atoms with van der Waals surface area (Å²) in [5, 5.41) is 0.970. The van der Waals surface area contributed by atoms with E-state index in [9.17, 15) is 4.79 Å². The maximum absolute atomic E-state index is 12.7. The third kappa shape index (κ3) is 4.51. The van der Waals surface area contributed by atoms with Gasteiger partial charge in [-0.2, -0.15) is 0 Å². The Bertz CT molecular complexity index is 845. The summed E-state index contributed by atoms with van der Waals surface area (Å²) in [6.45, 7) is 0.603. The molecular formula is C20H21N3OS. The number of aromatic nitrogens is 2. The van der Waals surface area contributed by atoms with Crippen molar-refractivity contribution in [2.75, 3.05) is 7.05 Å². The SMILES string of the molecule is CN(Cc1ccccc1)C(=O)c1cccc(CSc2nccn2C)c1. The second-order valence-corrected chi connectivity index (χ2v) is 6.90. The van der Waals surface area contributed by atoms with Gasteiger partial charge in [0.25, 0.3) is 5.91 Å². The molecule has 0 aliphatic carbocycles. The maximum atomic E-state index is 12.7. The quantitative estimate of drug-likeness (QED) is 0.630. The molecule has 5 heteroatoms. The second-order valence-electron chi connectivity index (χ2n) is 5.96. The highest BCUT2D eigenvalue weighted by Crippen LogP contribution is 2.21. The van der Waals surface area contributed by atoms with Gasteiger partial charge < -0.3 is 9.47 Å². The molecule has 0 spiro atoms. The number of rotatable bonds is 6. The zero-order chi connectivity index (χ0) is 17.6. The molecule has 0 radical (unpaired) electrons. The smallest absolute Gasteiger partial charge is 0.253 e. The molecule has 0 unspecified atom stereocenters. The molecule has 0 saturated carbocycles. The van der Waals surface area contributed by atoms with E-state index < -0.39 is 0 Å². The lowest BCUT2D eigenvalue weighted by atomic mass is 10.1. The standard InChI is InChI=1S/C20H21N3OS/c1-22-12-11-21-20(22)25-15-17-9-6-10-18(13-17)19(24)23(2)14-16-7-4-3-5-8-16/h3-13H,14-15H2,1-2H3. The number of hydrogen-bond donors (Lipinski definition) is 0. The Kier molecular flexibility index (Phi) is 5.56. The first-order valence-electron chi connectivity index (χ1n) is 8.12. The lowest BCUT2D eigenvalue weighted by molar-refractivity contribution is 0.0785. The molecule has 25 heavy (non-hydrogen) atoms. The van der Waals surface area contributed by atoms with Crippen LogP contribution in [0.1, 0.15) is 21.5 Å². The van der Waals surface area contributed by atoms with Gasteiger partial charge in [0, 0.05) is 44.4 Å². The summed E-state index contributed by atoms with van der Waals surface area (Å²) in [5.74, 6) is 0.821. The number of nitrogens with zero attached hydrogens (tertiary/aromatic N) is 3. The summed E-state index contributed by atoms with van der Waals surface area (Å²) in [4.78, 5) is 18.8. The number of carbonyl (C=O) groups is 1. The van der Waals surface area contributed by atoms with Gasteiger partial charge in [-0.15, -0.1) is 0 Å². The number of thioether (sulfide) groups is 1. The minimum Gasteiger partial charge on any atom is -0.337 e. The molecule has 0 saturated heterocycles. The molecule has 128 valence electrons. The van der Waals surface area contributed by atoms with Crippen molar-refractivity contribution in [3.63, 3.8) is 0 Å². The molecule has 0 aliphatic heterocycles. The molecule has 0 fully saturated rings. The predicted molar refractivity (Wildman–Crippen MR) is 101 cm³/mol. The molecular weight excluding hydrogens is 330 g/mol. The largest absolute Gasteiger partial charge is 0.337 e. The van der Waals surface area contributed by atoms with Crippen LogP contribution >= 0.6 is 11.8 Å². The molecule has 1 amide bonds. The Morgan fingerprint density at radius 1 is 1.12 bits per heavy atom. The van der Waals surface area contributed by atoms with Crippen molar-refractivity contribution in [1.82, 2.24) is 14.5 Å². The van der Waals surface area contributed by atoms with Crippen LogP contribution in [0.25, 0.3) is 0 Å². The number of benzene rings is 2. The average molecular weight is 351 g/mol. The molecule has 1 aromatic heterocycles. The normalized spacial score (nSPS) is 10.6. The minimum absolute atomic E-state index is 0.0349. The first kappa shape index (κ1) is 17.3. The summed E-state index contributed by atoms with van der Waals surface area (Å²) in [6.07, 6.45) is 3.72. The monoisotopic (exact) mass is 351 g/mol. The second kappa shape index (κ2) is 8.03. The van der Waals surface area contributed by atoms with Crippen molar-refractivity contribution in [1.29, 1.82) is 0 Å². The number of hydrogen-bond acceptors (Lipinski definition) is 3. The molecule has 0 aliphatic rings. The molecule has 1 heterocycles. The zero-order valence-corrected chi connectivity index (χ0v) is 15.2. The van der Waals surface area contributed by atoms with E-state index in [1.165, 1.54) is 0 Å². The lowest BCUT2D eigenvalue weighted by Crippen LogP contribution is -2.26. The van der Waals surface area contributed by atoms with E-state index in [-0.39, 0.29) is 5.91 Å². The Morgan fingerprint density at radius 2 is 1.88 bits per heavy atom. The van der Waals surface area contributed by atoms with E-state index in [1.54, 1.807) is 22.9 Å².